The summed E-state index contributed by atoms with van der Waals surface area (Å²) >= 11 is 18.6. The van der Waals surface area contributed by atoms with Crippen molar-refractivity contribution >= 4 is 46.8 Å². The van der Waals surface area contributed by atoms with Gasteiger partial charge in [-0.05, 0) is 43.5 Å². The molecule has 1 aliphatic rings. The Morgan fingerprint density at radius 3 is 2.78 bits per heavy atom. The predicted octanol–water partition coefficient (Wildman–Crippen LogP) is 4.51. The van der Waals surface area contributed by atoms with Crippen LogP contribution in [-0.2, 0) is 16.1 Å². The van der Waals surface area contributed by atoms with Crippen LogP contribution in [0.2, 0.25) is 15.2 Å². The number of aryl methyl sites for hydroxylation is 1. The maximum absolute atomic E-state index is 12.1. The molecule has 144 valence electrons. The lowest BCUT2D eigenvalue weighted by Gasteiger charge is -2.22. The van der Waals surface area contributed by atoms with Gasteiger partial charge in [-0.2, -0.15) is 5.10 Å². The lowest BCUT2D eigenvalue weighted by atomic mass is 10.1. The molecule has 1 fully saturated rings. The summed E-state index contributed by atoms with van der Waals surface area (Å²) in [4.78, 5) is 12.1. The second-order valence-electron chi connectivity index (χ2n) is 6.41. The summed E-state index contributed by atoms with van der Waals surface area (Å²) in [5, 5.41) is 9.02. The molecule has 1 N–H and O–H groups in total. The second-order valence-corrected chi connectivity index (χ2v) is 7.61. The van der Waals surface area contributed by atoms with Gasteiger partial charge < -0.3 is 10.1 Å². The van der Waals surface area contributed by atoms with Crippen molar-refractivity contribution in [1.82, 2.24) is 15.1 Å². The van der Waals surface area contributed by atoms with E-state index in [1.807, 2.05) is 13.0 Å². The van der Waals surface area contributed by atoms with Crippen molar-refractivity contribution < 1.29 is 9.53 Å². The molecular formula is C19H20Cl3N3O2. The second kappa shape index (κ2) is 9.11. The van der Waals surface area contributed by atoms with Gasteiger partial charge in [-0.3, -0.25) is 4.79 Å². The lowest BCUT2D eigenvalue weighted by molar-refractivity contribution is -0.117. The van der Waals surface area contributed by atoms with Gasteiger partial charge in [0.15, 0.2) is 0 Å². The molecular weight excluding hydrogens is 409 g/mol. The Balaban J connectivity index is 1.70. The van der Waals surface area contributed by atoms with Crippen molar-refractivity contribution in [3.8, 4) is 0 Å². The highest BCUT2D eigenvalue weighted by molar-refractivity contribution is 6.35. The Labute approximate surface area is 173 Å². The van der Waals surface area contributed by atoms with E-state index in [1.54, 1.807) is 22.9 Å². The third kappa shape index (κ3) is 5.26. The topological polar surface area (TPSA) is 56.2 Å². The van der Waals surface area contributed by atoms with Crippen molar-refractivity contribution in [2.24, 2.45) is 0 Å². The van der Waals surface area contributed by atoms with Crippen molar-refractivity contribution in [1.29, 1.82) is 0 Å². The zero-order chi connectivity index (χ0) is 19.4. The molecule has 0 aliphatic carbocycles. The summed E-state index contributed by atoms with van der Waals surface area (Å²) in [7, 11) is 0. The van der Waals surface area contributed by atoms with Crippen LogP contribution in [0.1, 0.15) is 29.7 Å². The number of benzene rings is 1. The Hall–Kier alpha value is -1.53. The Bertz CT molecular complexity index is 858. The lowest BCUT2D eigenvalue weighted by Crippen LogP contribution is -2.37. The Kier molecular flexibility index (Phi) is 6.82. The summed E-state index contributed by atoms with van der Waals surface area (Å²) in [5.41, 5.74) is 2.31. The number of carbonyl (C=O) groups excluding carboxylic acids is 1. The minimum Gasteiger partial charge on any atom is -0.381 e. The van der Waals surface area contributed by atoms with Crippen LogP contribution in [0, 0.1) is 6.92 Å². The molecule has 3 rings (SSSR count). The molecule has 0 unspecified atom stereocenters. The van der Waals surface area contributed by atoms with E-state index in [4.69, 9.17) is 39.5 Å². The van der Waals surface area contributed by atoms with Crippen molar-refractivity contribution in [2.75, 3.05) is 13.2 Å². The van der Waals surface area contributed by atoms with E-state index in [0.29, 0.717) is 40.5 Å². The van der Waals surface area contributed by atoms with Gasteiger partial charge in [0.25, 0.3) is 0 Å². The van der Waals surface area contributed by atoms with Gasteiger partial charge in [0.05, 0.1) is 12.2 Å². The van der Waals surface area contributed by atoms with Crippen LogP contribution in [0.5, 0.6) is 0 Å². The fourth-order valence-corrected chi connectivity index (χ4v) is 3.69. The molecule has 1 aliphatic heterocycles. The van der Waals surface area contributed by atoms with Crippen LogP contribution in [0.3, 0.4) is 0 Å². The van der Waals surface area contributed by atoms with Crippen LogP contribution < -0.4 is 5.32 Å². The summed E-state index contributed by atoms with van der Waals surface area (Å²) < 4.78 is 6.95. The first kappa shape index (κ1) is 20.2. The van der Waals surface area contributed by atoms with Crippen LogP contribution in [0.25, 0.3) is 6.08 Å². The van der Waals surface area contributed by atoms with Gasteiger partial charge in [0, 0.05) is 40.9 Å². The van der Waals surface area contributed by atoms with Gasteiger partial charge in [-0.25, -0.2) is 4.68 Å². The number of nitrogens with zero attached hydrogens (tertiary/aromatic N) is 2. The van der Waals surface area contributed by atoms with E-state index in [9.17, 15) is 4.79 Å². The van der Waals surface area contributed by atoms with E-state index in [2.05, 4.69) is 10.4 Å². The molecule has 0 saturated carbocycles. The van der Waals surface area contributed by atoms with Crippen LogP contribution in [0.4, 0.5) is 0 Å². The quantitative estimate of drug-likeness (QED) is 0.713. The number of carbonyl (C=O) groups is 1. The highest BCUT2D eigenvalue weighted by Gasteiger charge is 2.16. The highest BCUT2D eigenvalue weighted by atomic mass is 35.5. The van der Waals surface area contributed by atoms with E-state index in [0.717, 1.165) is 24.1 Å². The minimum absolute atomic E-state index is 0.147. The summed E-state index contributed by atoms with van der Waals surface area (Å²) in [6.07, 6.45) is 4.85. The van der Waals surface area contributed by atoms with Crippen LogP contribution >= 0.6 is 34.8 Å². The predicted molar refractivity (Wildman–Crippen MR) is 109 cm³/mol. The number of aromatic nitrogens is 2. The first-order valence-electron chi connectivity index (χ1n) is 8.67. The average Bonchev–Trinajstić information content (AvgIpc) is 2.90. The molecule has 5 nitrogen and oxygen atoms in total. The third-order valence-electron chi connectivity index (χ3n) is 4.41. The fraction of sp³-hybridized carbons (Fsp3) is 0.368. The molecule has 0 spiro atoms. The fourth-order valence-electron chi connectivity index (χ4n) is 2.92. The molecule has 0 atom stereocenters. The molecule has 0 bridgehead atoms. The normalized spacial score (nSPS) is 15.4. The first-order valence-corrected chi connectivity index (χ1v) is 9.80. The highest BCUT2D eigenvalue weighted by Crippen LogP contribution is 2.26. The largest absolute Gasteiger partial charge is 0.381 e. The van der Waals surface area contributed by atoms with Gasteiger partial charge in [0.1, 0.15) is 5.15 Å². The molecule has 1 aromatic heterocycles. The zero-order valence-electron chi connectivity index (χ0n) is 14.8. The van der Waals surface area contributed by atoms with Crippen molar-refractivity contribution in [3.63, 3.8) is 0 Å². The monoisotopic (exact) mass is 427 g/mol. The maximum Gasteiger partial charge on any atom is 0.244 e. The average molecular weight is 429 g/mol. The van der Waals surface area contributed by atoms with Gasteiger partial charge in [-0.15, -0.1) is 0 Å². The number of halogens is 3. The number of nitrogens with one attached hydrogen (secondary N) is 1. The van der Waals surface area contributed by atoms with Crippen LogP contribution in [0.15, 0.2) is 24.3 Å². The summed E-state index contributed by atoms with van der Waals surface area (Å²) in [6.45, 7) is 3.62. The third-order valence-corrected chi connectivity index (χ3v) is 5.40. The van der Waals surface area contributed by atoms with E-state index in [-0.39, 0.29) is 11.9 Å². The molecule has 1 saturated heterocycles. The number of hydrogen-bond acceptors (Lipinski definition) is 3. The van der Waals surface area contributed by atoms with E-state index in [1.165, 1.54) is 6.08 Å². The van der Waals surface area contributed by atoms with Crippen molar-refractivity contribution in [2.45, 2.75) is 32.4 Å². The smallest absolute Gasteiger partial charge is 0.244 e. The molecule has 1 aromatic carbocycles. The van der Waals surface area contributed by atoms with E-state index >= 15 is 0 Å². The zero-order valence-corrected chi connectivity index (χ0v) is 17.1. The molecule has 2 heterocycles. The Morgan fingerprint density at radius 2 is 2.07 bits per heavy atom. The van der Waals surface area contributed by atoms with Crippen LogP contribution in [-0.4, -0.2) is 34.9 Å². The number of ether oxygens (including phenoxy) is 1. The molecule has 0 radical (unpaired) electrons. The summed E-state index contributed by atoms with van der Waals surface area (Å²) in [5.74, 6) is -0.147. The molecule has 1 amide bonds. The summed E-state index contributed by atoms with van der Waals surface area (Å²) in [6, 6.07) is 5.45. The molecule has 2 aromatic rings. The van der Waals surface area contributed by atoms with E-state index < -0.39 is 0 Å². The maximum atomic E-state index is 12.1. The van der Waals surface area contributed by atoms with Gasteiger partial charge in [-0.1, -0.05) is 40.9 Å². The number of hydrogen-bond donors (Lipinski definition) is 1. The van der Waals surface area contributed by atoms with Crippen molar-refractivity contribution in [3.05, 3.63) is 56.3 Å². The Morgan fingerprint density at radius 1 is 1.33 bits per heavy atom. The van der Waals surface area contributed by atoms with Gasteiger partial charge >= 0.3 is 0 Å². The number of amides is 1. The number of rotatable bonds is 5. The molecule has 8 heteroatoms. The SMILES string of the molecule is Cc1nn(Cc2ccc(Cl)cc2Cl)c(Cl)c1/C=C/C(=O)NC1CCOCC1. The molecule has 27 heavy (non-hydrogen) atoms. The minimum atomic E-state index is -0.147. The first-order chi connectivity index (χ1) is 12.9. The standard InChI is InChI=1S/C19H20Cl3N3O2/c1-12-16(4-5-18(26)23-15-6-8-27-9-7-15)19(22)25(24-12)11-13-2-3-14(20)10-17(13)21/h2-5,10,15H,6-9,11H2,1H3,(H,23,26)/b5-4+. The van der Waals surface area contributed by atoms with Gasteiger partial charge in [0.2, 0.25) is 5.91 Å².